The highest BCUT2D eigenvalue weighted by Gasteiger charge is 1.96. The van der Waals surface area contributed by atoms with Crippen LogP contribution in [0.1, 0.15) is 5.01 Å². The largest absolute Gasteiger partial charge is 0.384 e. The molecule has 2 aromatic heterocycles. The van der Waals surface area contributed by atoms with Gasteiger partial charge in [-0.2, -0.15) is 0 Å². The maximum Gasteiger partial charge on any atom is 0.128 e. The molecule has 2 rings (SSSR count). The Morgan fingerprint density at radius 3 is 3.07 bits per heavy atom. The summed E-state index contributed by atoms with van der Waals surface area (Å²) in [6.45, 7) is 0.823. The second kappa shape index (κ2) is 4.75. The maximum absolute atomic E-state index is 5.56. The van der Waals surface area contributed by atoms with Crippen LogP contribution in [-0.4, -0.2) is 16.5 Å². The van der Waals surface area contributed by atoms with Crippen molar-refractivity contribution in [2.75, 3.05) is 17.6 Å². The van der Waals surface area contributed by atoms with E-state index >= 15 is 0 Å². The highest BCUT2D eigenvalue weighted by Crippen LogP contribution is 2.07. The van der Waals surface area contributed by atoms with Crippen molar-refractivity contribution in [3.05, 3.63) is 34.8 Å². The molecule has 4 nitrogen and oxygen atoms in total. The molecule has 0 fully saturated rings. The minimum Gasteiger partial charge on any atom is -0.384 e. The van der Waals surface area contributed by atoms with Gasteiger partial charge in [0.2, 0.25) is 0 Å². The van der Waals surface area contributed by atoms with E-state index in [0.717, 1.165) is 23.8 Å². The molecule has 0 aliphatic rings. The van der Waals surface area contributed by atoms with Gasteiger partial charge in [0.1, 0.15) is 11.6 Å². The highest BCUT2D eigenvalue weighted by molar-refractivity contribution is 7.09. The molecule has 2 aromatic rings. The van der Waals surface area contributed by atoms with E-state index in [9.17, 15) is 0 Å². The highest BCUT2D eigenvalue weighted by atomic mass is 32.1. The standard InChI is InChI=1S/C10H12N4S/c11-8-2-1-3-9(14-8)12-5-4-10-13-6-7-15-10/h1-3,6-7H,4-5H2,(H3,11,12,14). The Labute approximate surface area is 92.2 Å². The molecular formula is C10H12N4S. The molecular weight excluding hydrogens is 208 g/mol. The molecule has 0 aliphatic heterocycles. The molecule has 0 atom stereocenters. The van der Waals surface area contributed by atoms with E-state index in [1.165, 1.54) is 0 Å². The zero-order chi connectivity index (χ0) is 10.5. The van der Waals surface area contributed by atoms with E-state index < -0.39 is 0 Å². The van der Waals surface area contributed by atoms with Gasteiger partial charge in [-0.1, -0.05) is 6.07 Å². The smallest absolute Gasteiger partial charge is 0.128 e. The molecule has 0 bridgehead atoms. The average Bonchev–Trinajstić information content (AvgIpc) is 2.71. The van der Waals surface area contributed by atoms with Crippen LogP contribution in [0.5, 0.6) is 0 Å². The molecule has 0 radical (unpaired) electrons. The molecule has 0 unspecified atom stereocenters. The molecule has 0 saturated heterocycles. The lowest BCUT2D eigenvalue weighted by Gasteiger charge is -2.04. The number of nitrogen functional groups attached to an aromatic ring is 1. The van der Waals surface area contributed by atoms with Gasteiger partial charge in [-0.25, -0.2) is 9.97 Å². The van der Waals surface area contributed by atoms with Crippen LogP contribution < -0.4 is 11.1 Å². The van der Waals surface area contributed by atoms with Crippen LogP contribution >= 0.6 is 11.3 Å². The summed E-state index contributed by atoms with van der Waals surface area (Å²) >= 11 is 1.67. The van der Waals surface area contributed by atoms with Gasteiger partial charge >= 0.3 is 0 Å². The lowest BCUT2D eigenvalue weighted by molar-refractivity contribution is 0.988. The Bertz CT molecular complexity index is 413. The van der Waals surface area contributed by atoms with E-state index in [4.69, 9.17) is 5.73 Å². The first-order valence-electron chi connectivity index (χ1n) is 4.69. The number of anilines is 2. The van der Waals surface area contributed by atoms with Gasteiger partial charge < -0.3 is 11.1 Å². The zero-order valence-electron chi connectivity index (χ0n) is 8.18. The van der Waals surface area contributed by atoms with Crippen LogP contribution in [0.4, 0.5) is 11.6 Å². The van der Waals surface area contributed by atoms with Crippen molar-refractivity contribution < 1.29 is 0 Å². The van der Waals surface area contributed by atoms with Crippen LogP contribution in [0.2, 0.25) is 0 Å². The molecule has 3 N–H and O–H groups in total. The fraction of sp³-hybridized carbons (Fsp3) is 0.200. The third kappa shape index (κ3) is 2.92. The minimum absolute atomic E-state index is 0.536. The number of nitrogens with one attached hydrogen (secondary N) is 1. The fourth-order valence-electron chi connectivity index (χ4n) is 1.22. The van der Waals surface area contributed by atoms with Crippen LogP contribution in [0.25, 0.3) is 0 Å². The first kappa shape index (κ1) is 9.92. The van der Waals surface area contributed by atoms with Crippen LogP contribution in [-0.2, 0) is 6.42 Å². The summed E-state index contributed by atoms with van der Waals surface area (Å²) in [5.41, 5.74) is 5.56. The maximum atomic E-state index is 5.56. The Kier molecular flexibility index (Phi) is 3.14. The Morgan fingerprint density at radius 1 is 1.40 bits per heavy atom. The van der Waals surface area contributed by atoms with Crippen molar-refractivity contribution in [2.24, 2.45) is 0 Å². The Balaban J connectivity index is 1.83. The summed E-state index contributed by atoms with van der Waals surface area (Å²) in [5, 5.41) is 6.31. The summed E-state index contributed by atoms with van der Waals surface area (Å²) in [4.78, 5) is 8.34. The zero-order valence-corrected chi connectivity index (χ0v) is 9.00. The van der Waals surface area contributed by atoms with E-state index in [-0.39, 0.29) is 0 Å². The van der Waals surface area contributed by atoms with Gasteiger partial charge in [0.15, 0.2) is 0 Å². The van der Waals surface area contributed by atoms with Gasteiger partial charge in [-0.3, -0.25) is 0 Å². The number of pyridine rings is 1. The molecule has 78 valence electrons. The predicted octanol–water partition coefficient (Wildman–Crippen LogP) is 1.77. The van der Waals surface area contributed by atoms with Crippen molar-refractivity contribution in [3.8, 4) is 0 Å². The average molecular weight is 220 g/mol. The predicted molar refractivity (Wildman–Crippen MR) is 63.0 cm³/mol. The third-order valence-corrected chi connectivity index (χ3v) is 2.74. The van der Waals surface area contributed by atoms with Gasteiger partial charge in [0.25, 0.3) is 0 Å². The number of nitrogens with zero attached hydrogens (tertiary/aromatic N) is 2. The van der Waals surface area contributed by atoms with Crippen LogP contribution in [0.15, 0.2) is 29.8 Å². The lowest BCUT2D eigenvalue weighted by Crippen LogP contribution is -2.06. The van der Waals surface area contributed by atoms with Crippen LogP contribution in [0, 0.1) is 0 Å². The third-order valence-electron chi connectivity index (χ3n) is 1.90. The summed E-state index contributed by atoms with van der Waals surface area (Å²) in [7, 11) is 0. The first-order valence-corrected chi connectivity index (χ1v) is 5.57. The van der Waals surface area contributed by atoms with Crippen molar-refractivity contribution in [2.45, 2.75) is 6.42 Å². The van der Waals surface area contributed by atoms with Gasteiger partial charge in [-0.05, 0) is 12.1 Å². The van der Waals surface area contributed by atoms with E-state index in [0.29, 0.717) is 5.82 Å². The van der Waals surface area contributed by atoms with E-state index in [2.05, 4.69) is 15.3 Å². The quantitative estimate of drug-likeness (QED) is 0.824. The Morgan fingerprint density at radius 2 is 2.33 bits per heavy atom. The van der Waals surface area contributed by atoms with E-state index in [1.54, 1.807) is 17.4 Å². The SMILES string of the molecule is Nc1cccc(NCCc2nccs2)n1. The molecule has 15 heavy (non-hydrogen) atoms. The van der Waals surface area contributed by atoms with Crippen LogP contribution in [0.3, 0.4) is 0 Å². The lowest BCUT2D eigenvalue weighted by atomic mass is 10.4. The van der Waals surface area contributed by atoms with Gasteiger partial charge in [-0.15, -0.1) is 11.3 Å². The minimum atomic E-state index is 0.536. The second-order valence-corrected chi connectivity index (χ2v) is 4.03. The first-order chi connectivity index (χ1) is 7.34. The molecule has 0 saturated carbocycles. The monoisotopic (exact) mass is 220 g/mol. The van der Waals surface area contributed by atoms with Crippen molar-refractivity contribution in [1.82, 2.24) is 9.97 Å². The Hall–Kier alpha value is -1.62. The summed E-state index contributed by atoms with van der Waals surface area (Å²) < 4.78 is 0. The summed E-state index contributed by atoms with van der Waals surface area (Å²) in [5.74, 6) is 1.35. The summed E-state index contributed by atoms with van der Waals surface area (Å²) in [6.07, 6.45) is 2.73. The molecule has 0 spiro atoms. The molecule has 0 aromatic carbocycles. The molecule has 5 heteroatoms. The number of aromatic nitrogens is 2. The normalized spacial score (nSPS) is 10.1. The van der Waals surface area contributed by atoms with Gasteiger partial charge in [0.05, 0.1) is 5.01 Å². The molecule has 0 amide bonds. The summed E-state index contributed by atoms with van der Waals surface area (Å²) in [6, 6.07) is 5.55. The number of nitrogens with two attached hydrogens (primary N) is 1. The van der Waals surface area contributed by atoms with Gasteiger partial charge in [0, 0.05) is 24.5 Å². The number of thiazole rings is 1. The number of hydrogen-bond donors (Lipinski definition) is 2. The molecule has 0 aliphatic carbocycles. The molecule has 2 heterocycles. The topological polar surface area (TPSA) is 63.8 Å². The van der Waals surface area contributed by atoms with Crippen molar-refractivity contribution in [1.29, 1.82) is 0 Å². The fourth-order valence-corrected chi connectivity index (χ4v) is 1.84. The number of rotatable bonds is 4. The van der Waals surface area contributed by atoms with Crippen molar-refractivity contribution in [3.63, 3.8) is 0 Å². The van der Waals surface area contributed by atoms with E-state index in [1.807, 2.05) is 23.7 Å². The van der Waals surface area contributed by atoms with Crippen molar-refractivity contribution >= 4 is 23.0 Å². The second-order valence-electron chi connectivity index (χ2n) is 3.05. The number of hydrogen-bond acceptors (Lipinski definition) is 5.